The van der Waals surface area contributed by atoms with Crippen LogP contribution in [0.5, 0.6) is 0 Å². The largest absolute Gasteiger partial charge is 0.459 e. The summed E-state index contributed by atoms with van der Waals surface area (Å²) in [5.41, 5.74) is 1.36. The summed E-state index contributed by atoms with van der Waals surface area (Å²) in [7, 11) is 0. The monoisotopic (exact) mass is 497 g/mol. The number of para-hydroxylation sites is 1. The Morgan fingerprint density at radius 2 is 1.91 bits per heavy atom. The number of carbonyl (C=O) groups excluding carboxylic acids is 1. The van der Waals surface area contributed by atoms with Gasteiger partial charge in [-0.15, -0.1) is 0 Å². The molecule has 0 saturated heterocycles. The van der Waals surface area contributed by atoms with E-state index in [-0.39, 0.29) is 17.2 Å². The van der Waals surface area contributed by atoms with Crippen LogP contribution < -0.4 is 5.56 Å². The summed E-state index contributed by atoms with van der Waals surface area (Å²) < 4.78 is 7.07. The third kappa shape index (κ3) is 4.74. The van der Waals surface area contributed by atoms with E-state index in [1.807, 2.05) is 38.1 Å². The molecule has 0 spiro atoms. The number of furan rings is 1. The summed E-state index contributed by atoms with van der Waals surface area (Å²) >= 11 is 12.4. The quantitative estimate of drug-likeness (QED) is 0.292. The van der Waals surface area contributed by atoms with Crippen molar-refractivity contribution < 1.29 is 9.21 Å². The summed E-state index contributed by atoms with van der Waals surface area (Å²) in [5.74, 6) is 0.509. The summed E-state index contributed by atoms with van der Waals surface area (Å²) in [5, 5.41) is 1.65. The molecule has 1 amide bonds. The Hall–Kier alpha value is -3.09. The van der Waals surface area contributed by atoms with Crippen molar-refractivity contribution in [3.63, 3.8) is 0 Å². The van der Waals surface area contributed by atoms with Gasteiger partial charge in [0.2, 0.25) is 0 Å². The Morgan fingerprint density at radius 3 is 2.59 bits per heavy atom. The third-order valence-corrected chi connectivity index (χ3v) is 6.49. The molecular formula is C26H25Cl2N3O3. The molecule has 0 bridgehead atoms. The highest BCUT2D eigenvalue weighted by atomic mass is 35.5. The zero-order chi connectivity index (χ0) is 24.2. The van der Waals surface area contributed by atoms with Gasteiger partial charge in [0.25, 0.3) is 11.5 Å². The lowest BCUT2D eigenvalue weighted by Gasteiger charge is -2.32. The number of hydrogen-bond donors (Lipinski definition) is 0. The molecule has 0 N–H and O–H groups in total. The van der Waals surface area contributed by atoms with Crippen molar-refractivity contribution in [1.29, 1.82) is 0 Å². The van der Waals surface area contributed by atoms with Crippen LogP contribution in [0.2, 0.25) is 10.0 Å². The van der Waals surface area contributed by atoms with Gasteiger partial charge >= 0.3 is 0 Å². The molecule has 0 saturated carbocycles. The Balaban J connectivity index is 1.79. The van der Waals surface area contributed by atoms with E-state index in [1.165, 1.54) is 6.26 Å². The highest BCUT2D eigenvalue weighted by molar-refractivity contribution is 6.35. The second-order valence-corrected chi connectivity index (χ2v) is 8.77. The fourth-order valence-corrected chi connectivity index (χ4v) is 4.70. The van der Waals surface area contributed by atoms with Crippen molar-refractivity contribution in [2.24, 2.45) is 0 Å². The lowest BCUT2D eigenvalue weighted by atomic mass is 10.1. The van der Waals surface area contributed by atoms with E-state index in [1.54, 1.807) is 39.8 Å². The van der Waals surface area contributed by atoms with Crippen LogP contribution in [0, 0.1) is 0 Å². The highest BCUT2D eigenvalue weighted by Gasteiger charge is 2.30. The first-order valence-corrected chi connectivity index (χ1v) is 12.0. The lowest BCUT2D eigenvalue weighted by Crippen LogP contribution is -2.39. The number of carbonyl (C=O) groups is 1. The number of rotatable bonds is 8. The first-order chi connectivity index (χ1) is 16.4. The van der Waals surface area contributed by atoms with E-state index < -0.39 is 6.04 Å². The summed E-state index contributed by atoms with van der Waals surface area (Å²) in [6.07, 6.45) is 2.53. The number of fused-ring (bicyclic) bond motifs is 1. The van der Waals surface area contributed by atoms with Crippen LogP contribution in [0.4, 0.5) is 0 Å². The van der Waals surface area contributed by atoms with Gasteiger partial charge in [-0.05, 0) is 61.7 Å². The van der Waals surface area contributed by atoms with Crippen molar-refractivity contribution in [2.75, 3.05) is 6.54 Å². The van der Waals surface area contributed by atoms with Gasteiger partial charge in [-0.2, -0.15) is 0 Å². The zero-order valence-corrected chi connectivity index (χ0v) is 20.5. The highest BCUT2D eigenvalue weighted by Crippen LogP contribution is 2.28. The molecule has 4 aromatic rings. The minimum absolute atomic E-state index is 0.118. The molecule has 2 aromatic carbocycles. The van der Waals surface area contributed by atoms with Crippen LogP contribution in [0.15, 0.2) is 70.1 Å². The number of hydrogen-bond acceptors (Lipinski definition) is 4. The van der Waals surface area contributed by atoms with Gasteiger partial charge < -0.3 is 9.32 Å². The topological polar surface area (TPSA) is 68.3 Å². The molecule has 2 heterocycles. The molecule has 0 aliphatic heterocycles. The smallest absolute Gasteiger partial charge is 0.290 e. The molecule has 4 rings (SSSR count). The Morgan fingerprint density at radius 1 is 1.12 bits per heavy atom. The van der Waals surface area contributed by atoms with Gasteiger partial charge in [0.1, 0.15) is 5.82 Å². The van der Waals surface area contributed by atoms with E-state index in [2.05, 4.69) is 0 Å². The molecular weight excluding hydrogens is 473 g/mol. The van der Waals surface area contributed by atoms with E-state index in [0.29, 0.717) is 52.7 Å². The molecule has 6 nitrogen and oxygen atoms in total. The molecule has 1 atom stereocenters. The van der Waals surface area contributed by atoms with Gasteiger partial charge in [0, 0.05) is 23.1 Å². The second-order valence-electron chi connectivity index (χ2n) is 7.92. The van der Waals surface area contributed by atoms with E-state index in [4.69, 9.17) is 32.6 Å². The number of aromatic nitrogens is 2. The molecule has 0 aliphatic rings. The van der Waals surface area contributed by atoms with Gasteiger partial charge in [0.15, 0.2) is 5.76 Å². The zero-order valence-electron chi connectivity index (χ0n) is 19.0. The summed E-state index contributed by atoms with van der Waals surface area (Å²) in [6, 6.07) is 15.5. The Labute approximate surface area is 207 Å². The second kappa shape index (κ2) is 10.5. The third-order valence-electron chi connectivity index (χ3n) is 5.90. The fraction of sp³-hybridized carbons (Fsp3) is 0.269. The molecule has 34 heavy (non-hydrogen) atoms. The predicted molar refractivity (Wildman–Crippen MR) is 135 cm³/mol. The van der Waals surface area contributed by atoms with Crippen LogP contribution in [-0.2, 0) is 13.0 Å². The van der Waals surface area contributed by atoms with E-state index in [0.717, 1.165) is 5.56 Å². The first kappa shape index (κ1) is 24.0. The fourth-order valence-electron chi connectivity index (χ4n) is 4.19. The number of halogens is 2. The first-order valence-electron chi connectivity index (χ1n) is 11.2. The number of benzene rings is 2. The minimum atomic E-state index is -0.444. The van der Waals surface area contributed by atoms with E-state index in [9.17, 15) is 9.59 Å². The standard InChI is InChI=1S/C26H25Cl2N3O3/c1-3-22(24-29-21-9-6-5-8-19(21)25(32)30(24)4-2)31(26(33)23-10-7-15-34-23)14-13-17-11-12-18(27)16-20(17)28/h5-12,15-16,22H,3-4,13-14H2,1-2H3. The lowest BCUT2D eigenvalue weighted by molar-refractivity contribution is 0.0626. The van der Waals surface area contributed by atoms with Gasteiger partial charge in [-0.3, -0.25) is 14.2 Å². The van der Waals surface area contributed by atoms with Crippen LogP contribution in [0.1, 0.15) is 48.3 Å². The maximum Gasteiger partial charge on any atom is 0.290 e. The van der Waals surface area contributed by atoms with E-state index >= 15 is 0 Å². The molecule has 8 heteroatoms. The number of amides is 1. The van der Waals surface area contributed by atoms with Crippen LogP contribution in [-0.4, -0.2) is 26.9 Å². The van der Waals surface area contributed by atoms with Gasteiger partial charge in [-0.25, -0.2) is 4.98 Å². The van der Waals surface area contributed by atoms with Crippen molar-refractivity contribution in [3.8, 4) is 0 Å². The molecule has 2 aromatic heterocycles. The molecule has 0 aliphatic carbocycles. The van der Waals surface area contributed by atoms with Crippen molar-refractivity contribution >= 4 is 40.0 Å². The van der Waals surface area contributed by atoms with Crippen molar-refractivity contribution in [3.05, 3.63) is 98.4 Å². The van der Waals surface area contributed by atoms with Gasteiger partial charge in [-0.1, -0.05) is 48.3 Å². The normalized spacial score (nSPS) is 12.1. The molecule has 0 fully saturated rings. The average Bonchev–Trinajstić information content (AvgIpc) is 3.37. The molecule has 1 unspecified atom stereocenters. The SMILES string of the molecule is CCC(c1nc2ccccc2c(=O)n1CC)N(CCc1ccc(Cl)cc1Cl)C(=O)c1ccco1. The predicted octanol–water partition coefficient (Wildman–Crippen LogP) is 6.15. The minimum Gasteiger partial charge on any atom is -0.459 e. The molecule has 0 radical (unpaired) electrons. The maximum atomic E-state index is 13.6. The van der Waals surface area contributed by atoms with Gasteiger partial charge in [0.05, 0.1) is 23.2 Å². The number of nitrogens with zero attached hydrogens (tertiary/aromatic N) is 3. The summed E-state index contributed by atoms with van der Waals surface area (Å²) in [6.45, 7) is 4.67. The van der Waals surface area contributed by atoms with Crippen LogP contribution in [0.3, 0.4) is 0 Å². The Kier molecular flexibility index (Phi) is 7.39. The van der Waals surface area contributed by atoms with Crippen molar-refractivity contribution in [1.82, 2.24) is 14.5 Å². The maximum absolute atomic E-state index is 13.6. The van der Waals surface area contributed by atoms with Crippen molar-refractivity contribution in [2.45, 2.75) is 39.3 Å². The average molecular weight is 498 g/mol. The summed E-state index contributed by atoms with van der Waals surface area (Å²) in [4.78, 5) is 33.4. The Bertz CT molecular complexity index is 1370. The van der Waals surface area contributed by atoms with Crippen LogP contribution in [0.25, 0.3) is 10.9 Å². The van der Waals surface area contributed by atoms with Crippen LogP contribution >= 0.6 is 23.2 Å². The molecule has 176 valence electrons.